The summed E-state index contributed by atoms with van der Waals surface area (Å²) in [5, 5.41) is 2.47. The lowest BCUT2D eigenvalue weighted by Crippen LogP contribution is -2.33. The zero-order valence-corrected chi connectivity index (χ0v) is 11.6. The second kappa shape index (κ2) is 5.41. The SMILES string of the molecule is CN(CCN1CCOC1=O)c1cccc2ccccc12. The Kier molecular flexibility index (Phi) is 3.46. The van der Waals surface area contributed by atoms with E-state index in [2.05, 4.69) is 48.3 Å². The monoisotopic (exact) mass is 270 g/mol. The molecule has 1 aliphatic heterocycles. The molecule has 4 nitrogen and oxygen atoms in total. The molecule has 4 heteroatoms. The van der Waals surface area contributed by atoms with Crippen molar-refractivity contribution in [3.63, 3.8) is 0 Å². The van der Waals surface area contributed by atoms with Crippen molar-refractivity contribution >= 4 is 22.6 Å². The van der Waals surface area contributed by atoms with Crippen molar-refractivity contribution in [2.75, 3.05) is 38.2 Å². The molecule has 0 spiro atoms. The highest BCUT2D eigenvalue weighted by Gasteiger charge is 2.21. The van der Waals surface area contributed by atoms with E-state index in [1.807, 2.05) is 6.07 Å². The van der Waals surface area contributed by atoms with Crippen LogP contribution in [0.15, 0.2) is 42.5 Å². The van der Waals surface area contributed by atoms with Crippen molar-refractivity contribution in [2.24, 2.45) is 0 Å². The average molecular weight is 270 g/mol. The number of ether oxygens (including phenoxy) is 1. The lowest BCUT2D eigenvalue weighted by Gasteiger charge is -2.23. The Labute approximate surface area is 118 Å². The first-order chi connectivity index (χ1) is 9.75. The number of carbonyl (C=O) groups is 1. The normalized spacial score (nSPS) is 14.7. The van der Waals surface area contributed by atoms with E-state index in [4.69, 9.17) is 4.74 Å². The van der Waals surface area contributed by atoms with Gasteiger partial charge in [0.25, 0.3) is 0 Å². The summed E-state index contributed by atoms with van der Waals surface area (Å²) in [7, 11) is 2.06. The molecule has 0 aliphatic carbocycles. The lowest BCUT2D eigenvalue weighted by molar-refractivity contribution is 0.159. The van der Waals surface area contributed by atoms with Gasteiger partial charge in [-0.2, -0.15) is 0 Å². The van der Waals surface area contributed by atoms with Gasteiger partial charge in [-0.3, -0.25) is 0 Å². The van der Waals surface area contributed by atoms with Gasteiger partial charge in [0.1, 0.15) is 6.61 Å². The summed E-state index contributed by atoms with van der Waals surface area (Å²) in [4.78, 5) is 15.4. The van der Waals surface area contributed by atoms with Crippen LogP contribution in [-0.2, 0) is 4.74 Å². The van der Waals surface area contributed by atoms with Crippen LogP contribution in [0.5, 0.6) is 0 Å². The predicted octanol–water partition coefficient (Wildman–Crippen LogP) is 2.73. The molecular weight excluding hydrogens is 252 g/mol. The van der Waals surface area contributed by atoms with E-state index >= 15 is 0 Å². The predicted molar refractivity (Wildman–Crippen MR) is 80.1 cm³/mol. The van der Waals surface area contributed by atoms with E-state index in [1.54, 1.807) is 4.90 Å². The van der Waals surface area contributed by atoms with Crippen molar-refractivity contribution in [1.29, 1.82) is 0 Å². The van der Waals surface area contributed by atoms with E-state index in [0.29, 0.717) is 19.7 Å². The Bertz CT molecular complexity index is 621. The number of likely N-dealkylation sites (N-methyl/N-ethyl adjacent to an activating group) is 1. The van der Waals surface area contributed by atoms with Gasteiger partial charge in [0.2, 0.25) is 0 Å². The molecule has 0 unspecified atom stereocenters. The zero-order valence-electron chi connectivity index (χ0n) is 11.6. The molecule has 1 fully saturated rings. The van der Waals surface area contributed by atoms with Gasteiger partial charge in [0, 0.05) is 31.2 Å². The molecule has 104 valence electrons. The van der Waals surface area contributed by atoms with Gasteiger partial charge in [-0.15, -0.1) is 0 Å². The molecule has 20 heavy (non-hydrogen) atoms. The van der Waals surface area contributed by atoms with Gasteiger partial charge < -0.3 is 14.5 Å². The first kappa shape index (κ1) is 12.8. The molecule has 1 saturated heterocycles. The Morgan fingerprint density at radius 3 is 2.80 bits per heavy atom. The number of fused-ring (bicyclic) bond motifs is 1. The number of hydrogen-bond acceptors (Lipinski definition) is 3. The van der Waals surface area contributed by atoms with Gasteiger partial charge in [0.05, 0.1) is 6.54 Å². The van der Waals surface area contributed by atoms with E-state index in [0.717, 1.165) is 6.54 Å². The standard InChI is InChI=1S/C16H18N2O2/c1-17(9-10-18-11-12-20-16(18)19)15-8-4-6-13-5-2-3-7-14(13)15/h2-8H,9-12H2,1H3. The smallest absolute Gasteiger partial charge is 0.409 e. The molecule has 1 amide bonds. The first-order valence-electron chi connectivity index (χ1n) is 6.86. The molecule has 0 saturated carbocycles. The van der Waals surface area contributed by atoms with Crippen LogP contribution in [-0.4, -0.2) is 44.3 Å². The molecular formula is C16H18N2O2. The molecule has 3 rings (SSSR count). The van der Waals surface area contributed by atoms with E-state index < -0.39 is 0 Å². The van der Waals surface area contributed by atoms with Gasteiger partial charge in [0.15, 0.2) is 0 Å². The highest BCUT2D eigenvalue weighted by atomic mass is 16.6. The van der Waals surface area contributed by atoms with Gasteiger partial charge in [-0.25, -0.2) is 4.79 Å². The van der Waals surface area contributed by atoms with Crippen molar-refractivity contribution in [3.05, 3.63) is 42.5 Å². The highest BCUT2D eigenvalue weighted by Crippen LogP contribution is 2.25. The number of cyclic esters (lactones) is 1. The lowest BCUT2D eigenvalue weighted by atomic mass is 10.1. The third-order valence-electron chi connectivity index (χ3n) is 3.73. The minimum absolute atomic E-state index is 0.198. The molecule has 0 aromatic heterocycles. The molecule has 0 radical (unpaired) electrons. The second-order valence-corrected chi connectivity index (χ2v) is 5.02. The Morgan fingerprint density at radius 1 is 1.20 bits per heavy atom. The summed E-state index contributed by atoms with van der Waals surface area (Å²) >= 11 is 0. The quantitative estimate of drug-likeness (QED) is 0.856. The third-order valence-corrected chi connectivity index (χ3v) is 3.73. The molecule has 1 aliphatic rings. The van der Waals surface area contributed by atoms with E-state index in [9.17, 15) is 4.79 Å². The van der Waals surface area contributed by atoms with Crippen LogP contribution in [0.1, 0.15) is 0 Å². The molecule has 1 heterocycles. The topological polar surface area (TPSA) is 32.8 Å². The Morgan fingerprint density at radius 2 is 2.00 bits per heavy atom. The number of nitrogens with zero attached hydrogens (tertiary/aromatic N) is 2. The van der Waals surface area contributed by atoms with Crippen molar-refractivity contribution in [1.82, 2.24) is 4.90 Å². The summed E-state index contributed by atoms with van der Waals surface area (Å²) in [6.07, 6.45) is -0.198. The summed E-state index contributed by atoms with van der Waals surface area (Å²) in [5.74, 6) is 0. The summed E-state index contributed by atoms with van der Waals surface area (Å²) < 4.78 is 4.94. The van der Waals surface area contributed by atoms with Crippen LogP contribution >= 0.6 is 0 Å². The number of benzene rings is 2. The minimum Gasteiger partial charge on any atom is -0.448 e. The Balaban J connectivity index is 1.75. The van der Waals surface area contributed by atoms with Crippen LogP contribution in [0.3, 0.4) is 0 Å². The highest BCUT2D eigenvalue weighted by molar-refractivity contribution is 5.94. The first-order valence-corrected chi connectivity index (χ1v) is 6.86. The number of carbonyl (C=O) groups excluding carboxylic acids is 1. The second-order valence-electron chi connectivity index (χ2n) is 5.02. The van der Waals surface area contributed by atoms with Crippen LogP contribution < -0.4 is 4.90 Å². The van der Waals surface area contributed by atoms with E-state index in [1.165, 1.54) is 16.5 Å². The maximum Gasteiger partial charge on any atom is 0.409 e. The van der Waals surface area contributed by atoms with E-state index in [-0.39, 0.29) is 6.09 Å². The fourth-order valence-electron chi connectivity index (χ4n) is 2.56. The summed E-state index contributed by atoms with van der Waals surface area (Å²) in [6, 6.07) is 14.6. The Hall–Kier alpha value is -2.23. The maximum atomic E-state index is 11.4. The van der Waals surface area contributed by atoms with Crippen LogP contribution in [0.4, 0.5) is 10.5 Å². The van der Waals surface area contributed by atoms with Crippen LogP contribution in [0.2, 0.25) is 0 Å². The average Bonchev–Trinajstić information content (AvgIpc) is 2.89. The summed E-state index contributed by atoms with van der Waals surface area (Å²) in [5.41, 5.74) is 1.19. The molecule has 0 atom stereocenters. The van der Waals surface area contributed by atoms with Crippen molar-refractivity contribution < 1.29 is 9.53 Å². The number of rotatable bonds is 4. The summed E-state index contributed by atoms with van der Waals surface area (Å²) in [6.45, 7) is 2.70. The fourth-order valence-corrected chi connectivity index (χ4v) is 2.56. The number of hydrogen-bond donors (Lipinski definition) is 0. The molecule has 2 aromatic carbocycles. The minimum atomic E-state index is -0.198. The van der Waals surface area contributed by atoms with Gasteiger partial charge in [-0.05, 0) is 11.5 Å². The fraction of sp³-hybridized carbons (Fsp3) is 0.312. The molecule has 0 bridgehead atoms. The number of amides is 1. The van der Waals surface area contributed by atoms with Crippen molar-refractivity contribution in [3.8, 4) is 0 Å². The molecule has 0 N–H and O–H groups in total. The van der Waals surface area contributed by atoms with Gasteiger partial charge in [-0.1, -0.05) is 36.4 Å². The largest absolute Gasteiger partial charge is 0.448 e. The van der Waals surface area contributed by atoms with Crippen molar-refractivity contribution in [2.45, 2.75) is 0 Å². The number of anilines is 1. The third kappa shape index (κ3) is 2.41. The van der Waals surface area contributed by atoms with Crippen LogP contribution in [0, 0.1) is 0 Å². The van der Waals surface area contributed by atoms with Crippen LogP contribution in [0.25, 0.3) is 10.8 Å². The zero-order chi connectivity index (χ0) is 13.9. The molecule has 2 aromatic rings. The maximum absolute atomic E-state index is 11.4. The van der Waals surface area contributed by atoms with Gasteiger partial charge >= 0.3 is 6.09 Å².